The van der Waals surface area contributed by atoms with Crippen LogP contribution in [0, 0.1) is 12.7 Å². The number of aromatic nitrogens is 5. The van der Waals surface area contributed by atoms with Crippen molar-refractivity contribution in [3.05, 3.63) is 93.4 Å². The Hall–Kier alpha value is -4.41. The van der Waals surface area contributed by atoms with Gasteiger partial charge in [-0.05, 0) is 72.8 Å². The van der Waals surface area contributed by atoms with Gasteiger partial charge in [-0.2, -0.15) is 14.5 Å². The van der Waals surface area contributed by atoms with Gasteiger partial charge in [0.05, 0.1) is 62.8 Å². The molecule has 2 aliphatic rings. The van der Waals surface area contributed by atoms with Crippen molar-refractivity contribution < 1.29 is 32.2 Å². The minimum absolute atomic E-state index is 0.0147. The summed E-state index contributed by atoms with van der Waals surface area (Å²) < 4.78 is 60.1. The molecule has 0 spiro atoms. The average Bonchev–Trinajstić information content (AvgIpc) is 3.74. The van der Waals surface area contributed by atoms with E-state index in [-0.39, 0.29) is 37.8 Å². The number of carboxylic acid groups (broad SMARTS) is 1. The molecule has 0 saturated heterocycles. The van der Waals surface area contributed by atoms with Crippen LogP contribution in [0.5, 0.6) is 5.75 Å². The second kappa shape index (κ2) is 13.8. The Bertz CT molecular complexity index is 2560. The summed E-state index contributed by atoms with van der Waals surface area (Å²) in [7, 11) is -1.97. The summed E-state index contributed by atoms with van der Waals surface area (Å²) in [6, 6.07) is 13.8. The van der Waals surface area contributed by atoms with Gasteiger partial charge in [0, 0.05) is 62.4 Å². The van der Waals surface area contributed by atoms with E-state index in [4.69, 9.17) is 26.2 Å². The topological polar surface area (TPSA) is 134 Å². The van der Waals surface area contributed by atoms with E-state index in [1.165, 1.54) is 28.2 Å². The van der Waals surface area contributed by atoms with Gasteiger partial charge >= 0.3 is 5.97 Å². The van der Waals surface area contributed by atoms with Crippen molar-refractivity contribution in [2.75, 3.05) is 19.5 Å². The number of ether oxygens (including phenoxy) is 2. The number of sulfonamides is 1. The van der Waals surface area contributed by atoms with Gasteiger partial charge in [-0.15, -0.1) is 11.8 Å². The third-order valence-electron chi connectivity index (χ3n) is 9.87. The monoisotopic (exact) mass is 778 g/mol. The van der Waals surface area contributed by atoms with E-state index in [9.17, 15) is 22.7 Å². The summed E-state index contributed by atoms with van der Waals surface area (Å²) in [4.78, 5) is 13.7. The molecule has 0 saturated carbocycles. The maximum absolute atomic E-state index is 14.4. The zero-order valence-corrected chi connectivity index (χ0v) is 31.6. The van der Waals surface area contributed by atoms with Crippen LogP contribution >= 0.6 is 23.4 Å². The molecule has 276 valence electrons. The molecule has 3 aromatic carbocycles. The lowest BCUT2D eigenvalue weighted by atomic mass is 9.96. The molecular weight excluding hydrogens is 743 g/mol. The standard InChI is InChI=1S/C37H36ClFN6O6S2/c1-21-33-30-8-7-28(38)34(33)35-29(41-45-10-12-50-19-31(35)45)18-43(53(3,48)49)17-24-15-25(42(2)40-24)20-52-26-14-22-13-23(39)5-6-27(22)32(16-26)51-11-4-9-44(30)36(21)37(46)47/h5-8,13-16H,4,9-12,17-20H2,1-3H3,(H,46,47). The van der Waals surface area contributed by atoms with E-state index in [1.807, 2.05) is 36.0 Å². The molecule has 0 aliphatic carbocycles. The number of carbonyl (C=O) groups is 1. The number of hydrogen-bond donors (Lipinski definition) is 1. The van der Waals surface area contributed by atoms with Crippen molar-refractivity contribution in [1.82, 2.24) is 28.4 Å². The second-order valence-corrected chi connectivity index (χ2v) is 16.8. The quantitative estimate of drug-likeness (QED) is 0.203. The Morgan fingerprint density at radius 1 is 1.04 bits per heavy atom. The first kappa shape index (κ1) is 35.6. The van der Waals surface area contributed by atoms with Gasteiger partial charge in [0.2, 0.25) is 10.0 Å². The van der Waals surface area contributed by atoms with Crippen LogP contribution in [0.2, 0.25) is 5.02 Å². The number of fused-ring (bicyclic) bond motifs is 10. The van der Waals surface area contributed by atoms with E-state index < -0.39 is 16.0 Å². The molecule has 1 N–H and O–H groups in total. The third kappa shape index (κ3) is 6.58. The molecule has 2 aliphatic heterocycles. The summed E-state index contributed by atoms with van der Waals surface area (Å²) >= 11 is 8.58. The van der Waals surface area contributed by atoms with Gasteiger partial charge in [-0.3, -0.25) is 9.36 Å². The van der Waals surface area contributed by atoms with E-state index in [0.29, 0.717) is 87.0 Å². The number of carboxylic acids is 1. The minimum Gasteiger partial charge on any atom is -0.493 e. The predicted octanol–water partition coefficient (Wildman–Crippen LogP) is 6.76. The third-order valence-corrected chi connectivity index (χ3v) is 12.4. The predicted molar refractivity (Wildman–Crippen MR) is 200 cm³/mol. The Balaban J connectivity index is 1.32. The highest BCUT2D eigenvalue weighted by Crippen LogP contribution is 2.44. The largest absolute Gasteiger partial charge is 0.493 e. The van der Waals surface area contributed by atoms with Gasteiger partial charge in [0.1, 0.15) is 17.3 Å². The van der Waals surface area contributed by atoms with E-state index >= 15 is 0 Å². The van der Waals surface area contributed by atoms with Gasteiger partial charge in [0.25, 0.3) is 0 Å². The van der Waals surface area contributed by atoms with Gasteiger partial charge < -0.3 is 19.1 Å². The highest BCUT2D eigenvalue weighted by Gasteiger charge is 2.31. The Morgan fingerprint density at radius 2 is 1.87 bits per heavy atom. The van der Waals surface area contributed by atoms with Crippen molar-refractivity contribution in [2.45, 2.75) is 56.8 Å². The van der Waals surface area contributed by atoms with Crippen LogP contribution in [0.4, 0.5) is 4.39 Å². The lowest BCUT2D eigenvalue weighted by molar-refractivity contribution is 0.0684. The Morgan fingerprint density at radius 3 is 2.66 bits per heavy atom. The molecule has 0 fully saturated rings. The molecule has 6 aromatic rings. The molecule has 16 heteroatoms. The van der Waals surface area contributed by atoms with Crippen LogP contribution in [-0.4, -0.2) is 67.4 Å². The van der Waals surface area contributed by atoms with Crippen molar-refractivity contribution in [2.24, 2.45) is 7.05 Å². The van der Waals surface area contributed by atoms with Crippen LogP contribution in [0.1, 0.15) is 45.2 Å². The number of benzene rings is 3. The highest BCUT2D eigenvalue weighted by molar-refractivity contribution is 7.98. The normalized spacial score (nSPS) is 15.9. The molecule has 3 aromatic heterocycles. The fourth-order valence-corrected chi connectivity index (χ4v) is 9.39. The van der Waals surface area contributed by atoms with Crippen LogP contribution < -0.4 is 4.74 Å². The number of aromatic carboxylic acids is 1. The van der Waals surface area contributed by atoms with E-state index in [0.717, 1.165) is 27.9 Å². The first-order chi connectivity index (χ1) is 25.4. The maximum atomic E-state index is 14.4. The van der Waals surface area contributed by atoms with Gasteiger partial charge in [-0.25, -0.2) is 17.6 Å². The maximum Gasteiger partial charge on any atom is 0.352 e. The zero-order valence-electron chi connectivity index (χ0n) is 29.2. The number of hydrogen-bond acceptors (Lipinski definition) is 8. The first-order valence-corrected chi connectivity index (χ1v) is 20.3. The SMILES string of the molecule is Cc1c(C(=O)O)n2c3ccc(Cl)c(c13)-c1c(nn3c1COCC3)CN(S(C)(=O)=O)Cc1cc(n(C)n1)CSc1cc(c3ccc(F)cc3c1)OCCC2. The Kier molecular flexibility index (Phi) is 9.26. The number of rotatable bonds is 2. The number of thioether (sulfide) groups is 1. The Labute approximate surface area is 314 Å². The highest BCUT2D eigenvalue weighted by atomic mass is 35.5. The van der Waals surface area contributed by atoms with Crippen LogP contribution in [0.3, 0.4) is 0 Å². The van der Waals surface area contributed by atoms with Crippen molar-refractivity contribution in [3.63, 3.8) is 0 Å². The molecule has 0 radical (unpaired) electrons. The summed E-state index contributed by atoms with van der Waals surface area (Å²) in [5.74, 6) is -0.351. The minimum atomic E-state index is -3.79. The molecule has 5 heterocycles. The summed E-state index contributed by atoms with van der Waals surface area (Å²) in [5, 5.41) is 22.6. The smallest absolute Gasteiger partial charge is 0.352 e. The van der Waals surface area contributed by atoms with Crippen LogP contribution in [-0.2, 0) is 60.3 Å². The molecule has 0 amide bonds. The number of aryl methyl sites for hydroxylation is 3. The molecule has 53 heavy (non-hydrogen) atoms. The average molecular weight is 779 g/mol. The van der Waals surface area contributed by atoms with Gasteiger partial charge in [-0.1, -0.05) is 11.6 Å². The summed E-state index contributed by atoms with van der Waals surface area (Å²) in [5.41, 5.74) is 5.13. The molecule has 12 nitrogen and oxygen atoms in total. The molecule has 0 atom stereocenters. The van der Waals surface area contributed by atoms with Gasteiger partial charge in [0.15, 0.2) is 0 Å². The van der Waals surface area contributed by atoms with Crippen molar-refractivity contribution >= 4 is 61.0 Å². The van der Waals surface area contributed by atoms with E-state index in [2.05, 4.69) is 5.10 Å². The second-order valence-electron chi connectivity index (χ2n) is 13.4. The fraction of sp³-hybridized carbons (Fsp3) is 0.324. The van der Waals surface area contributed by atoms with Crippen molar-refractivity contribution in [3.8, 4) is 16.9 Å². The first-order valence-electron chi connectivity index (χ1n) is 17.0. The summed E-state index contributed by atoms with van der Waals surface area (Å²) in [6.45, 7) is 3.37. The van der Waals surface area contributed by atoms with Crippen LogP contribution in [0.25, 0.3) is 32.8 Å². The molecule has 0 unspecified atom stereocenters. The summed E-state index contributed by atoms with van der Waals surface area (Å²) in [6.07, 6.45) is 1.62. The molecular formula is C37H36ClFN6O6S2. The zero-order chi connectivity index (χ0) is 37.2. The van der Waals surface area contributed by atoms with Crippen LogP contribution in [0.15, 0.2) is 53.4 Å². The lowest BCUT2D eigenvalue weighted by Crippen LogP contribution is -2.29. The number of halogens is 2. The molecule has 8 bridgehead atoms. The number of nitrogens with zero attached hydrogens (tertiary/aromatic N) is 6. The fourth-order valence-electron chi connectivity index (χ4n) is 7.43. The lowest BCUT2D eigenvalue weighted by Gasteiger charge is -2.19. The molecule has 8 rings (SSSR count). The van der Waals surface area contributed by atoms with Crippen molar-refractivity contribution in [1.29, 1.82) is 0 Å². The van der Waals surface area contributed by atoms with E-state index in [1.54, 1.807) is 28.3 Å².